The number of hydrogen-bond acceptors (Lipinski definition) is 6. The molecule has 0 fully saturated rings. The van der Waals surface area contributed by atoms with E-state index >= 15 is 0 Å². The van der Waals surface area contributed by atoms with Crippen LogP contribution in [0.4, 0.5) is 0 Å². The van der Waals surface area contributed by atoms with Crippen LogP contribution >= 0.6 is 0 Å². The zero-order valence-corrected chi connectivity index (χ0v) is 11.2. The molecule has 7 nitrogen and oxygen atoms in total. The summed E-state index contributed by atoms with van der Waals surface area (Å²) in [6.07, 6.45) is 0. The molecule has 0 atom stereocenters. The van der Waals surface area contributed by atoms with Crippen molar-refractivity contribution in [2.45, 2.75) is 0 Å². The minimum Gasteiger partial charge on any atom is -1.00 e. The fourth-order valence-corrected chi connectivity index (χ4v) is 0.953. The summed E-state index contributed by atoms with van der Waals surface area (Å²) in [5.74, 6) is -2.10. The number of ether oxygens (including phenoxy) is 2. The maximum absolute atomic E-state index is 10.6. The Bertz CT molecular complexity index is 268. The summed E-state index contributed by atoms with van der Waals surface area (Å²) in [7, 11) is -4.33. The van der Waals surface area contributed by atoms with E-state index in [0.29, 0.717) is 0 Å². The molecule has 0 spiro atoms. The maximum Gasteiger partial charge on any atom is 1.00 e. The van der Waals surface area contributed by atoms with E-state index in [4.69, 9.17) is 14.4 Å². The number of carbonyl (C=O) groups excluding carboxylic acids is 1. The van der Waals surface area contributed by atoms with Gasteiger partial charge in [-0.1, -0.05) is 0 Å². The number of hydrogen-bond donors (Lipinski definition) is 2. The van der Waals surface area contributed by atoms with Crippen LogP contribution in [0, 0.1) is 0 Å². The SMILES string of the molecule is O=C(CS(=O)(=O)O)OCCOCCO.[H-].[Na+]. The van der Waals surface area contributed by atoms with Gasteiger partial charge in [-0.05, 0) is 0 Å². The number of aliphatic hydroxyl groups excluding tert-OH is 1. The Balaban J connectivity index is -0.000000845. The summed E-state index contributed by atoms with van der Waals surface area (Å²) < 4.78 is 37.7. The minimum absolute atomic E-state index is 0. The molecule has 0 amide bonds. The maximum atomic E-state index is 10.6. The van der Waals surface area contributed by atoms with E-state index in [1.807, 2.05) is 0 Å². The average molecular weight is 252 g/mol. The van der Waals surface area contributed by atoms with Gasteiger partial charge >= 0.3 is 35.5 Å². The van der Waals surface area contributed by atoms with Crippen LogP contribution in [0.25, 0.3) is 0 Å². The molecule has 0 heterocycles. The van der Waals surface area contributed by atoms with E-state index in [0.717, 1.165) is 0 Å². The Kier molecular flexibility index (Phi) is 11.2. The zero-order chi connectivity index (χ0) is 11.0. The molecule has 0 aliphatic rings. The first-order valence-electron chi connectivity index (χ1n) is 3.75. The molecule has 0 aromatic heterocycles. The van der Waals surface area contributed by atoms with E-state index in [9.17, 15) is 13.2 Å². The molecule has 0 radical (unpaired) electrons. The molecule has 0 rings (SSSR count). The van der Waals surface area contributed by atoms with Gasteiger partial charge in [0.2, 0.25) is 0 Å². The third-order valence-electron chi connectivity index (χ3n) is 1.03. The molecule has 9 heteroatoms. The van der Waals surface area contributed by atoms with Crippen molar-refractivity contribution in [2.75, 3.05) is 32.2 Å². The Labute approximate surface area is 111 Å². The van der Waals surface area contributed by atoms with Crippen LogP contribution in [0.1, 0.15) is 1.43 Å². The van der Waals surface area contributed by atoms with Crippen molar-refractivity contribution in [1.29, 1.82) is 0 Å². The summed E-state index contributed by atoms with van der Waals surface area (Å²) in [5, 5.41) is 8.28. The van der Waals surface area contributed by atoms with Crippen molar-refractivity contribution in [3.8, 4) is 0 Å². The Hall–Kier alpha value is 0.300. The molecule has 0 saturated carbocycles. The Morgan fingerprint density at radius 2 is 1.87 bits per heavy atom. The van der Waals surface area contributed by atoms with Crippen LogP contribution in [0.5, 0.6) is 0 Å². The normalized spacial score (nSPS) is 10.5. The first-order valence-corrected chi connectivity index (χ1v) is 5.36. The average Bonchev–Trinajstić information content (AvgIpc) is 2.00. The third kappa shape index (κ3) is 14.3. The standard InChI is InChI=1S/C6H12O7S.Na.H/c7-1-2-12-3-4-13-6(8)5-14(9,10)11;;/h7H,1-5H2,(H,9,10,11);;/q;+1;-1. The van der Waals surface area contributed by atoms with Crippen LogP contribution < -0.4 is 29.6 Å². The topological polar surface area (TPSA) is 110 Å². The second-order valence-corrected chi connectivity index (χ2v) is 3.74. The number of esters is 1. The van der Waals surface area contributed by atoms with Gasteiger partial charge in [0.05, 0.1) is 19.8 Å². The van der Waals surface area contributed by atoms with Crippen molar-refractivity contribution >= 4 is 16.1 Å². The largest absolute Gasteiger partial charge is 1.00 e. The van der Waals surface area contributed by atoms with Gasteiger partial charge in [-0.25, -0.2) is 0 Å². The Morgan fingerprint density at radius 1 is 1.27 bits per heavy atom. The molecule has 86 valence electrons. The van der Waals surface area contributed by atoms with Gasteiger partial charge in [0.1, 0.15) is 6.61 Å². The molecule has 15 heavy (non-hydrogen) atoms. The van der Waals surface area contributed by atoms with Gasteiger partial charge in [0, 0.05) is 0 Å². The van der Waals surface area contributed by atoms with Crippen LogP contribution in [-0.4, -0.2) is 56.2 Å². The predicted molar refractivity (Wildman–Crippen MR) is 46.4 cm³/mol. The van der Waals surface area contributed by atoms with E-state index in [1.165, 1.54) is 0 Å². The van der Waals surface area contributed by atoms with Gasteiger partial charge < -0.3 is 16.0 Å². The molecule has 0 aromatic rings. The van der Waals surface area contributed by atoms with Crippen molar-refractivity contribution in [1.82, 2.24) is 0 Å². The van der Waals surface area contributed by atoms with Crippen LogP contribution in [0.15, 0.2) is 0 Å². The molecule has 0 aliphatic carbocycles. The Morgan fingerprint density at radius 3 is 2.33 bits per heavy atom. The molecular weight excluding hydrogens is 239 g/mol. The quantitative estimate of drug-likeness (QED) is 0.203. The minimum atomic E-state index is -4.33. The molecule has 0 unspecified atom stereocenters. The summed E-state index contributed by atoms with van der Waals surface area (Å²) in [6, 6.07) is 0. The summed E-state index contributed by atoms with van der Waals surface area (Å²) in [6.45, 7) is -0.0685. The van der Waals surface area contributed by atoms with Gasteiger partial charge in [0.25, 0.3) is 10.1 Å². The molecular formula is C6H13NaO7S. The number of carbonyl (C=O) groups is 1. The van der Waals surface area contributed by atoms with Crippen LogP contribution in [-0.2, 0) is 24.4 Å². The van der Waals surface area contributed by atoms with Gasteiger partial charge in [-0.15, -0.1) is 0 Å². The second kappa shape index (κ2) is 9.52. The molecule has 0 aliphatic heterocycles. The molecule has 0 saturated heterocycles. The van der Waals surface area contributed by atoms with Crippen LogP contribution in [0.3, 0.4) is 0 Å². The first kappa shape index (κ1) is 17.7. The van der Waals surface area contributed by atoms with E-state index in [-0.39, 0.29) is 57.4 Å². The monoisotopic (exact) mass is 252 g/mol. The van der Waals surface area contributed by atoms with E-state index < -0.39 is 21.8 Å². The predicted octanol–water partition coefficient (Wildman–Crippen LogP) is -4.46. The smallest absolute Gasteiger partial charge is 1.00 e. The van der Waals surface area contributed by atoms with Crippen molar-refractivity contribution in [3.05, 3.63) is 0 Å². The van der Waals surface area contributed by atoms with Gasteiger partial charge in [0.15, 0.2) is 5.75 Å². The number of aliphatic hydroxyl groups is 1. The van der Waals surface area contributed by atoms with Crippen molar-refractivity contribution < 1.29 is 63.3 Å². The fraction of sp³-hybridized carbons (Fsp3) is 0.833. The van der Waals surface area contributed by atoms with Crippen molar-refractivity contribution in [3.63, 3.8) is 0 Å². The number of rotatable bonds is 7. The van der Waals surface area contributed by atoms with Crippen LogP contribution in [0.2, 0.25) is 0 Å². The van der Waals surface area contributed by atoms with E-state index in [2.05, 4.69) is 4.74 Å². The first-order chi connectivity index (χ1) is 6.45. The zero-order valence-electron chi connectivity index (χ0n) is 9.38. The molecule has 2 N–H and O–H groups in total. The third-order valence-corrected chi connectivity index (χ3v) is 1.63. The van der Waals surface area contributed by atoms with Gasteiger partial charge in [-0.2, -0.15) is 8.42 Å². The summed E-state index contributed by atoms with van der Waals surface area (Å²) >= 11 is 0. The summed E-state index contributed by atoms with van der Waals surface area (Å²) in [5.41, 5.74) is 0. The molecule has 0 bridgehead atoms. The molecule has 0 aromatic carbocycles. The van der Waals surface area contributed by atoms with Gasteiger partial charge in [-0.3, -0.25) is 9.35 Å². The van der Waals surface area contributed by atoms with Crippen molar-refractivity contribution in [2.24, 2.45) is 0 Å². The van der Waals surface area contributed by atoms with E-state index in [1.54, 1.807) is 0 Å². The second-order valence-electron chi connectivity index (χ2n) is 2.28. The fourth-order valence-electron chi connectivity index (χ4n) is 0.572. The summed E-state index contributed by atoms with van der Waals surface area (Å²) in [4.78, 5) is 10.6.